The summed E-state index contributed by atoms with van der Waals surface area (Å²) in [7, 11) is -3.56. The molecule has 2 aromatic rings. The Morgan fingerprint density at radius 1 is 0.921 bits per heavy atom. The van der Waals surface area contributed by atoms with Crippen molar-refractivity contribution in [3.63, 3.8) is 0 Å². The summed E-state index contributed by atoms with van der Waals surface area (Å²) in [6.45, 7) is 1.19. The van der Waals surface area contributed by atoms with Crippen LogP contribution in [0.1, 0.15) is 80.1 Å². The van der Waals surface area contributed by atoms with Crippen LogP contribution in [0.25, 0.3) is 0 Å². The molecule has 38 heavy (non-hydrogen) atoms. The van der Waals surface area contributed by atoms with E-state index >= 15 is 0 Å². The standard InChI is InChI=1S/C31H40N2O4S/c34-30(27-6-3-7-28(17-27)37-21-23-4-1-2-5-23)32-13-12-22-8-10-29(11-9-22)38(35,36)33-31-18-24-14-25(19-31)16-26(15-24)20-31/h3,6-11,17,23-26,33H,1-2,4-5,12-16,18-21H2,(H,32,34). The van der Waals surface area contributed by atoms with Gasteiger partial charge in [-0.15, -0.1) is 0 Å². The van der Waals surface area contributed by atoms with Gasteiger partial charge >= 0.3 is 0 Å². The number of hydrogen-bond acceptors (Lipinski definition) is 4. The summed E-state index contributed by atoms with van der Waals surface area (Å²) >= 11 is 0. The second kappa shape index (κ2) is 10.6. The van der Waals surface area contributed by atoms with Gasteiger partial charge in [-0.3, -0.25) is 4.79 Å². The van der Waals surface area contributed by atoms with Crippen molar-refractivity contribution in [2.45, 2.75) is 81.1 Å². The largest absolute Gasteiger partial charge is 0.493 e. The second-order valence-corrected chi connectivity index (χ2v) is 14.1. The molecule has 2 aromatic carbocycles. The van der Waals surface area contributed by atoms with Crippen LogP contribution in [0.3, 0.4) is 0 Å². The molecule has 5 fully saturated rings. The van der Waals surface area contributed by atoms with Crippen LogP contribution in [-0.4, -0.2) is 33.0 Å². The van der Waals surface area contributed by atoms with E-state index in [0.717, 1.165) is 37.2 Å². The third-order valence-corrected chi connectivity index (χ3v) is 11.0. The lowest BCUT2D eigenvalue weighted by Gasteiger charge is -2.56. The first-order chi connectivity index (χ1) is 18.4. The van der Waals surface area contributed by atoms with Gasteiger partial charge in [-0.1, -0.05) is 31.0 Å². The summed E-state index contributed by atoms with van der Waals surface area (Å²) in [6.07, 6.45) is 12.5. The molecule has 0 saturated heterocycles. The molecule has 0 heterocycles. The highest BCUT2D eigenvalue weighted by Crippen LogP contribution is 2.56. The van der Waals surface area contributed by atoms with Crippen molar-refractivity contribution in [3.05, 3.63) is 59.7 Å². The number of hydrogen-bond donors (Lipinski definition) is 2. The van der Waals surface area contributed by atoms with Crippen LogP contribution in [0.4, 0.5) is 0 Å². The minimum absolute atomic E-state index is 0.129. The van der Waals surface area contributed by atoms with Crippen molar-refractivity contribution in [2.75, 3.05) is 13.2 Å². The number of ether oxygens (including phenoxy) is 1. The number of amides is 1. The van der Waals surface area contributed by atoms with Crippen molar-refractivity contribution in [3.8, 4) is 5.75 Å². The van der Waals surface area contributed by atoms with Crippen molar-refractivity contribution in [1.82, 2.24) is 10.0 Å². The lowest BCUT2D eigenvalue weighted by Crippen LogP contribution is -2.59. The van der Waals surface area contributed by atoms with Gasteiger partial charge in [0.2, 0.25) is 10.0 Å². The Hall–Kier alpha value is -2.38. The fourth-order valence-corrected chi connectivity index (χ4v) is 9.39. The van der Waals surface area contributed by atoms with Gasteiger partial charge in [-0.25, -0.2) is 13.1 Å². The SMILES string of the molecule is O=C(NCCc1ccc(S(=O)(=O)NC23CC4CC(CC(C4)C2)C3)cc1)c1cccc(OCC2CCCC2)c1. The molecule has 7 rings (SSSR count). The molecule has 0 spiro atoms. The topological polar surface area (TPSA) is 84.5 Å². The van der Waals surface area contributed by atoms with Crippen LogP contribution in [-0.2, 0) is 16.4 Å². The first-order valence-corrected chi connectivity index (χ1v) is 16.0. The Morgan fingerprint density at radius 3 is 2.24 bits per heavy atom. The van der Waals surface area contributed by atoms with Crippen molar-refractivity contribution in [1.29, 1.82) is 0 Å². The third-order valence-electron chi connectivity index (χ3n) is 9.38. The van der Waals surface area contributed by atoms with Crippen LogP contribution in [0.2, 0.25) is 0 Å². The Kier molecular flexibility index (Phi) is 7.25. The quantitative estimate of drug-likeness (QED) is 0.421. The molecule has 0 atom stereocenters. The van der Waals surface area contributed by atoms with Crippen LogP contribution >= 0.6 is 0 Å². The van der Waals surface area contributed by atoms with E-state index in [9.17, 15) is 13.2 Å². The van der Waals surface area contributed by atoms with Gasteiger partial charge in [0.15, 0.2) is 0 Å². The smallest absolute Gasteiger partial charge is 0.251 e. The molecule has 5 aliphatic carbocycles. The highest BCUT2D eigenvalue weighted by Gasteiger charge is 2.52. The number of benzene rings is 2. The van der Waals surface area contributed by atoms with Gasteiger partial charge in [0, 0.05) is 17.6 Å². The van der Waals surface area contributed by atoms with E-state index in [1.807, 2.05) is 24.3 Å². The van der Waals surface area contributed by atoms with Crippen LogP contribution in [0, 0.1) is 23.7 Å². The fraction of sp³-hybridized carbons (Fsp3) is 0.581. The zero-order chi connectivity index (χ0) is 26.2. The average Bonchev–Trinajstić information content (AvgIpc) is 3.40. The van der Waals surface area contributed by atoms with E-state index in [1.54, 1.807) is 24.3 Å². The van der Waals surface area contributed by atoms with Crippen molar-refractivity contribution >= 4 is 15.9 Å². The minimum atomic E-state index is -3.56. The van der Waals surface area contributed by atoms with E-state index in [0.29, 0.717) is 47.1 Å². The van der Waals surface area contributed by atoms with Crippen LogP contribution < -0.4 is 14.8 Å². The summed E-state index contributed by atoms with van der Waals surface area (Å²) in [4.78, 5) is 13.0. The van der Waals surface area contributed by atoms with E-state index in [2.05, 4.69) is 10.0 Å². The molecule has 0 aliphatic heterocycles. The summed E-state index contributed by atoms with van der Waals surface area (Å²) < 4.78 is 35.6. The average molecular weight is 537 g/mol. The first kappa shape index (κ1) is 25.9. The molecule has 0 unspecified atom stereocenters. The Balaban J connectivity index is 0.998. The zero-order valence-electron chi connectivity index (χ0n) is 22.2. The molecular formula is C31H40N2O4S. The van der Waals surface area contributed by atoms with Gasteiger partial charge in [0.25, 0.3) is 5.91 Å². The van der Waals surface area contributed by atoms with E-state index in [-0.39, 0.29) is 11.4 Å². The molecule has 0 radical (unpaired) electrons. The van der Waals surface area contributed by atoms with Crippen molar-refractivity contribution in [2.24, 2.45) is 23.7 Å². The maximum atomic E-state index is 13.3. The Labute approximate surface area is 227 Å². The molecular weight excluding hydrogens is 496 g/mol. The number of sulfonamides is 1. The molecule has 6 nitrogen and oxygen atoms in total. The number of carbonyl (C=O) groups is 1. The third kappa shape index (κ3) is 5.79. The molecule has 5 aliphatic rings. The fourth-order valence-electron chi connectivity index (χ4n) is 7.96. The molecule has 0 aromatic heterocycles. The van der Waals surface area contributed by atoms with Crippen molar-refractivity contribution < 1.29 is 17.9 Å². The first-order valence-electron chi connectivity index (χ1n) is 14.5. The molecule has 5 saturated carbocycles. The lowest BCUT2D eigenvalue weighted by molar-refractivity contribution is -0.00810. The molecule has 204 valence electrons. The summed E-state index contributed by atoms with van der Waals surface area (Å²) in [5.74, 6) is 3.30. The monoisotopic (exact) mass is 536 g/mol. The molecule has 7 heteroatoms. The maximum Gasteiger partial charge on any atom is 0.251 e. The lowest BCUT2D eigenvalue weighted by atomic mass is 9.53. The Morgan fingerprint density at radius 2 is 1.58 bits per heavy atom. The summed E-state index contributed by atoms with van der Waals surface area (Å²) in [5.41, 5.74) is 1.34. The van der Waals surface area contributed by atoms with E-state index in [1.165, 1.54) is 44.9 Å². The highest BCUT2D eigenvalue weighted by atomic mass is 32.2. The highest BCUT2D eigenvalue weighted by molar-refractivity contribution is 7.89. The number of carbonyl (C=O) groups excluding carboxylic acids is 1. The van der Waals surface area contributed by atoms with Gasteiger partial charge < -0.3 is 10.1 Å². The second-order valence-electron chi connectivity index (χ2n) is 12.4. The van der Waals surface area contributed by atoms with Crippen LogP contribution in [0.5, 0.6) is 5.75 Å². The molecule has 1 amide bonds. The van der Waals surface area contributed by atoms with E-state index < -0.39 is 10.0 Å². The maximum absolute atomic E-state index is 13.3. The van der Waals surface area contributed by atoms with Crippen LogP contribution in [0.15, 0.2) is 53.4 Å². The summed E-state index contributed by atoms with van der Waals surface area (Å²) in [5, 5.41) is 2.98. The minimum Gasteiger partial charge on any atom is -0.493 e. The summed E-state index contributed by atoms with van der Waals surface area (Å²) in [6, 6.07) is 14.5. The number of nitrogens with one attached hydrogen (secondary N) is 2. The number of rotatable bonds is 10. The predicted molar refractivity (Wildman–Crippen MR) is 148 cm³/mol. The van der Waals surface area contributed by atoms with Gasteiger partial charge in [-0.05, 0) is 117 Å². The normalized spacial score (nSPS) is 28.5. The van der Waals surface area contributed by atoms with E-state index in [4.69, 9.17) is 4.74 Å². The predicted octanol–water partition coefficient (Wildman–Crippen LogP) is 5.48. The van der Waals surface area contributed by atoms with Gasteiger partial charge in [-0.2, -0.15) is 0 Å². The zero-order valence-corrected chi connectivity index (χ0v) is 23.0. The Bertz CT molecular complexity index is 1220. The van der Waals surface area contributed by atoms with Gasteiger partial charge in [0.05, 0.1) is 11.5 Å². The molecule has 2 N–H and O–H groups in total. The molecule has 4 bridgehead atoms. The van der Waals surface area contributed by atoms with Gasteiger partial charge in [0.1, 0.15) is 5.75 Å².